The molecule has 0 radical (unpaired) electrons. The summed E-state index contributed by atoms with van der Waals surface area (Å²) in [6, 6.07) is 2.66. The van der Waals surface area contributed by atoms with Crippen LogP contribution in [-0.2, 0) is 4.79 Å². The maximum absolute atomic E-state index is 12.3. The number of aliphatic carboxylic acids is 1. The molecule has 0 bridgehead atoms. The van der Waals surface area contributed by atoms with Crippen LogP contribution in [0.2, 0.25) is 0 Å². The van der Waals surface area contributed by atoms with Crippen molar-refractivity contribution in [3.63, 3.8) is 0 Å². The Kier molecular flexibility index (Phi) is 6.55. The number of rotatable bonds is 8. The summed E-state index contributed by atoms with van der Waals surface area (Å²) < 4.78 is 33.8. The summed E-state index contributed by atoms with van der Waals surface area (Å²) in [6.45, 7) is -1.29. The summed E-state index contributed by atoms with van der Waals surface area (Å²) in [7, 11) is 1.27. The predicted molar refractivity (Wildman–Crippen MR) is 73.4 cm³/mol. The Morgan fingerprint density at radius 1 is 1.32 bits per heavy atom. The SMILES string of the molecule is CCCC(NC(=O)c1ccc(OC)c(OC(F)F)c1)C(=O)O. The smallest absolute Gasteiger partial charge is 0.387 e. The van der Waals surface area contributed by atoms with Gasteiger partial charge in [0.25, 0.3) is 5.91 Å². The van der Waals surface area contributed by atoms with E-state index in [-0.39, 0.29) is 23.5 Å². The third kappa shape index (κ3) is 4.87. The Hall–Kier alpha value is -2.38. The van der Waals surface area contributed by atoms with E-state index in [2.05, 4.69) is 10.1 Å². The van der Waals surface area contributed by atoms with Gasteiger partial charge in [0.1, 0.15) is 6.04 Å². The van der Waals surface area contributed by atoms with E-state index in [1.54, 1.807) is 6.92 Å². The summed E-state index contributed by atoms with van der Waals surface area (Å²) in [6.07, 6.45) is 0.831. The quantitative estimate of drug-likeness (QED) is 0.768. The molecule has 0 aliphatic carbocycles. The topological polar surface area (TPSA) is 84.9 Å². The van der Waals surface area contributed by atoms with Crippen LogP contribution in [0.1, 0.15) is 30.1 Å². The number of carboxylic acids is 1. The second kappa shape index (κ2) is 8.16. The largest absolute Gasteiger partial charge is 0.493 e. The highest BCUT2D eigenvalue weighted by molar-refractivity contribution is 5.97. The van der Waals surface area contributed by atoms with Gasteiger partial charge in [-0.3, -0.25) is 4.79 Å². The van der Waals surface area contributed by atoms with Crippen molar-refractivity contribution in [2.24, 2.45) is 0 Å². The van der Waals surface area contributed by atoms with Gasteiger partial charge in [-0.1, -0.05) is 13.3 Å². The lowest BCUT2D eigenvalue weighted by Gasteiger charge is -2.15. The molecule has 0 saturated heterocycles. The maximum atomic E-state index is 12.3. The van der Waals surface area contributed by atoms with E-state index in [0.717, 1.165) is 6.07 Å². The number of halogens is 2. The molecule has 0 aromatic heterocycles. The van der Waals surface area contributed by atoms with Crippen LogP contribution in [0.3, 0.4) is 0 Å². The number of alkyl halides is 2. The molecule has 1 rings (SSSR count). The molecular weight excluding hydrogens is 300 g/mol. The first-order valence-electron chi connectivity index (χ1n) is 6.55. The molecule has 0 fully saturated rings. The lowest BCUT2D eigenvalue weighted by molar-refractivity contribution is -0.139. The molecule has 8 heteroatoms. The van der Waals surface area contributed by atoms with E-state index in [1.165, 1.54) is 19.2 Å². The van der Waals surface area contributed by atoms with Crippen molar-refractivity contribution >= 4 is 11.9 Å². The Morgan fingerprint density at radius 3 is 2.50 bits per heavy atom. The highest BCUT2D eigenvalue weighted by atomic mass is 19.3. The summed E-state index contributed by atoms with van der Waals surface area (Å²) in [4.78, 5) is 23.0. The first-order valence-corrected chi connectivity index (χ1v) is 6.55. The maximum Gasteiger partial charge on any atom is 0.387 e. The second-order valence-corrected chi connectivity index (χ2v) is 4.40. The Labute approximate surface area is 126 Å². The fourth-order valence-corrected chi connectivity index (χ4v) is 1.79. The minimum Gasteiger partial charge on any atom is -0.493 e. The van der Waals surface area contributed by atoms with Gasteiger partial charge in [0, 0.05) is 5.56 Å². The fourth-order valence-electron chi connectivity index (χ4n) is 1.79. The van der Waals surface area contributed by atoms with Crippen LogP contribution in [0.4, 0.5) is 8.78 Å². The zero-order valence-electron chi connectivity index (χ0n) is 12.1. The monoisotopic (exact) mass is 317 g/mol. The number of carbonyl (C=O) groups is 2. The molecule has 0 heterocycles. The lowest BCUT2D eigenvalue weighted by Crippen LogP contribution is -2.40. The van der Waals surface area contributed by atoms with Crippen molar-refractivity contribution in [1.82, 2.24) is 5.32 Å². The van der Waals surface area contributed by atoms with E-state index in [4.69, 9.17) is 9.84 Å². The van der Waals surface area contributed by atoms with Gasteiger partial charge >= 0.3 is 12.6 Å². The first kappa shape index (κ1) is 17.7. The zero-order chi connectivity index (χ0) is 16.7. The fraction of sp³-hybridized carbons (Fsp3) is 0.429. The van der Waals surface area contributed by atoms with Crippen LogP contribution < -0.4 is 14.8 Å². The highest BCUT2D eigenvalue weighted by Gasteiger charge is 2.21. The molecule has 1 amide bonds. The molecule has 0 aliphatic heterocycles. The molecule has 6 nitrogen and oxygen atoms in total. The van der Waals surface area contributed by atoms with Gasteiger partial charge in [-0.2, -0.15) is 8.78 Å². The van der Waals surface area contributed by atoms with Crippen LogP contribution in [0.15, 0.2) is 18.2 Å². The molecule has 1 aromatic carbocycles. The highest BCUT2D eigenvalue weighted by Crippen LogP contribution is 2.29. The van der Waals surface area contributed by atoms with Gasteiger partial charge in [-0.15, -0.1) is 0 Å². The second-order valence-electron chi connectivity index (χ2n) is 4.40. The molecule has 2 N–H and O–H groups in total. The number of amides is 1. The number of carbonyl (C=O) groups excluding carboxylic acids is 1. The summed E-state index contributed by atoms with van der Waals surface area (Å²) in [5.41, 5.74) is -0.00111. The molecule has 1 unspecified atom stereocenters. The number of benzene rings is 1. The van der Waals surface area contributed by atoms with Crippen molar-refractivity contribution < 1.29 is 33.0 Å². The summed E-state index contributed by atoms with van der Waals surface area (Å²) >= 11 is 0. The average Bonchev–Trinajstić information content (AvgIpc) is 2.45. The van der Waals surface area contributed by atoms with Gasteiger partial charge in [-0.05, 0) is 24.6 Å². The van der Waals surface area contributed by atoms with Crippen LogP contribution in [0.5, 0.6) is 11.5 Å². The molecular formula is C14H17F2NO5. The number of nitrogens with one attached hydrogen (secondary N) is 1. The number of ether oxygens (including phenoxy) is 2. The van der Waals surface area contributed by atoms with E-state index in [1.807, 2.05) is 0 Å². The third-order valence-corrected chi connectivity index (χ3v) is 2.82. The van der Waals surface area contributed by atoms with Crippen molar-refractivity contribution in [2.75, 3.05) is 7.11 Å². The van der Waals surface area contributed by atoms with Crippen LogP contribution in [-0.4, -0.2) is 36.7 Å². The first-order chi connectivity index (χ1) is 10.4. The van der Waals surface area contributed by atoms with E-state index >= 15 is 0 Å². The van der Waals surface area contributed by atoms with Crippen molar-refractivity contribution in [1.29, 1.82) is 0 Å². The van der Waals surface area contributed by atoms with Gasteiger partial charge in [0.05, 0.1) is 7.11 Å². The van der Waals surface area contributed by atoms with E-state index in [9.17, 15) is 18.4 Å². The molecule has 1 aromatic rings. The standard InChI is InChI=1S/C14H17F2NO5/c1-3-4-9(13(19)20)17-12(18)8-5-6-10(21-2)11(7-8)22-14(15)16/h5-7,9,14H,3-4H2,1-2H3,(H,17,18)(H,19,20). The zero-order valence-corrected chi connectivity index (χ0v) is 12.1. The van der Waals surface area contributed by atoms with Crippen molar-refractivity contribution in [2.45, 2.75) is 32.4 Å². The lowest BCUT2D eigenvalue weighted by atomic mass is 10.1. The Bertz CT molecular complexity index is 536. The van der Waals surface area contributed by atoms with E-state index < -0.39 is 24.5 Å². The normalized spacial score (nSPS) is 11.9. The number of methoxy groups -OCH3 is 1. The number of hydrogen-bond donors (Lipinski definition) is 2. The Morgan fingerprint density at radius 2 is 2.00 bits per heavy atom. The number of hydrogen-bond acceptors (Lipinski definition) is 4. The van der Waals surface area contributed by atoms with Crippen LogP contribution in [0.25, 0.3) is 0 Å². The van der Waals surface area contributed by atoms with Gasteiger partial charge in [0.15, 0.2) is 11.5 Å². The molecule has 122 valence electrons. The van der Waals surface area contributed by atoms with Crippen LogP contribution in [0, 0.1) is 0 Å². The van der Waals surface area contributed by atoms with Gasteiger partial charge < -0.3 is 19.9 Å². The van der Waals surface area contributed by atoms with Crippen molar-refractivity contribution in [3.05, 3.63) is 23.8 Å². The summed E-state index contributed by atoms with van der Waals surface area (Å²) in [5.74, 6) is -2.11. The average molecular weight is 317 g/mol. The molecule has 0 saturated carbocycles. The third-order valence-electron chi connectivity index (χ3n) is 2.82. The predicted octanol–water partition coefficient (Wildman–Crippen LogP) is 2.28. The number of carboxylic acid groups (broad SMARTS) is 1. The van der Waals surface area contributed by atoms with Crippen LogP contribution >= 0.6 is 0 Å². The molecule has 1 atom stereocenters. The van der Waals surface area contributed by atoms with E-state index in [0.29, 0.717) is 6.42 Å². The molecule has 22 heavy (non-hydrogen) atoms. The van der Waals surface area contributed by atoms with Gasteiger partial charge in [0.2, 0.25) is 0 Å². The minimum absolute atomic E-state index is 0.00111. The summed E-state index contributed by atoms with van der Waals surface area (Å²) in [5, 5.41) is 11.3. The van der Waals surface area contributed by atoms with Gasteiger partial charge in [-0.25, -0.2) is 4.79 Å². The molecule has 0 aliphatic rings. The minimum atomic E-state index is -3.07. The molecule has 0 spiro atoms. The Balaban J connectivity index is 2.95. The van der Waals surface area contributed by atoms with Crippen molar-refractivity contribution in [3.8, 4) is 11.5 Å².